The van der Waals surface area contributed by atoms with Crippen molar-refractivity contribution in [2.75, 3.05) is 0 Å². The SMILES string of the molecule is OCc1cc(-c2cc(CO)on2)no1. The van der Waals surface area contributed by atoms with Crippen molar-refractivity contribution < 1.29 is 19.3 Å². The maximum absolute atomic E-state index is 8.73. The number of aromatic nitrogens is 2. The van der Waals surface area contributed by atoms with Crippen molar-refractivity contribution in [3.05, 3.63) is 23.7 Å². The zero-order valence-corrected chi connectivity index (χ0v) is 7.17. The first-order valence-electron chi connectivity index (χ1n) is 3.96. The monoisotopic (exact) mass is 196 g/mol. The van der Waals surface area contributed by atoms with Gasteiger partial charge in [-0.1, -0.05) is 10.3 Å². The number of hydrogen-bond donors (Lipinski definition) is 2. The predicted octanol–water partition coefficient (Wildman–Crippen LogP) is 0.314. The molecule has 0 amide bonds. The first-order chi connectivity index (χ1) is 6.83. The summed E-state index contributed by atoms with van der Waals surface area (Å²) in [6.45, 7) is -0.421. The van der Waals surface area contributed by atoms with E-state index in [9.17, 15) is 0 Å². The molecule has 74 valence electrons. The lowest BCUT2D eigenvalue weighted by molar-refractivity contribution is 0.228. The molecule has 2 heterocycles. The van der Waals surface area contributed by atoms with E-state index >= 15 is 0 Å². The van der Waals surface area contributed by atoms with Gasteiger partial charge in [-0.15, -0.1) is 0 Å². The molecular weight excluding hydrogens is 188 g/mol. The summed E-state index contributed by atoms with van der Waals surface area (Å²) in [7, 11) is 0. The lowest BCUT2D eigenvalue weighted by Gasteiger charge is -1.80. The van der Waals surface area contributed by atoms with Crippen LogP contribution in [0.3, 0.4) is 0 Å². The van der Waals surface area contributed by atoms with Gasteiger partial charge in [-0.2, -0.15) is 0 Å². The molecule has 0 unspecified atom stereocenters. The minimum absolute atomic E-state index is 0.211. The van der Waals surface area contributed by atoms with Crippen molar-refractivity contribution in [1.29, 1.82) is 0 Å². The summed E-state index contributed by atoms with van der Waals surface area (Å²) in [4.78, 5) is 0. The minimum Gasteiger partial charge on any atom is -0.388 e. The van der Waals surface area contributed by atoms with E-state index in [0.717, 1.165) is 0 Å². The summed E-state index contributed by atoms with van der Waals surface area (Å²) in [5.41, 5.74) is 0.940. The van der Waals surface area contributed by atoms with Gasteiger partial charge >= 0.3 is 0 Å². The van der Waals surface area contributed by atoms with Crippen LogP contribution in [0.25, 0.3) is 11.4 Å². The Morgan fingerprint density at radius 1 is 0.929 bits per heavy atom. The average Bonchev–Trinajstić information content (AvgIpc) is 2.86. The van der Waals surface area contributed by atoms with Gasteiger partial charge in [0, 0.05) is 12.1 Å². The molecule has 6 nitrogen and oxygen atoms in total. The first-order valence-corrected chi connectivity index (χ1v) is 3.96. The van der Waals surface area contributed by atoms with Crippen LogP contribution in [0.15, 0.2) is 21.2 Å². The minimum atomic E-state index is -0.211. The topological polar surface area (TPSA) is 92.5 Å². The molecule has 0 fully saturated rings. The molecule has 2 N–H and O–H groups in total. The lowest BCUT2D eigenvalue weighted by Crippen LogP contribution is -1.76. The van der Waals surface area contributed by atoms with Crippen molar-refractivity contribution in [3.8, 4) is 11.4 Å². The summed E-state index contributed by atoms with van der Waals surface area (Å²) in [6.07, 6.45) is 0. The zero-order chi connectivity index (χ0) is 9.97. The summed E-state index contributed by atoms with van der Waals surface area (Å²) < 4.78 is 9.53. The van der Waals surface area contributed by atoms with Crippen LogP contribution in [0.2, 0.25) is 0 Å². The second-order valence-corrected chi connectivity index (χ2v) is 2.67. The zero-order valence-electron chi connectivity index (χ0n) is 7.17. The van der Waals surface area contributed by atoms with Gasteiger partial charge in [0.05, 0.1) is 0 Å². The molecule has 0 aliphatic rings. The Hall–Kier alpha value is -1.66. The van der Waals surface area contributed by atoms with Crippen LogP contribution in [0, 0.1) is 0 Å². The highest BCUT2D eigenvalue weighted by Gasteiger charge is 2.10. The molecule has 0 aromatic carbocycles. The fourth-order valence-corrected chi connectivity index (χ4v) is 1.02. The van der Waals surface area contributed by atoms with Crippen LogP contribution in [-0.4, -0.2) is 20.5 Å². The van der Waals surface area contributed by atoms with Crippen LogP contribution in [0.4, 0.5) is 0 Å². The molecule has 0 bridgehead atoms. The van der Waals surface area contributed by atoms with Gasteiger partial charge in [-0.05, 0) is 0 Å². The Balaban J connectivity index is 2.29. The van der Waals surface area contributed by atoms with Crippen LogP contribution < -0.4 is 0 Å². The lowest BCUT2D eigenvalue weighted by atomic mass is 10.3. The number of hydrogen-bond acceptors (Lipinski definition) is 6. The van der Waals surface area contributed by atoms with E-state index < -0.39 is 0 Å². The normalized spacial score (nSPS) is 10.7. The van der Waals surface area contributed by atoms with Gasteiger partial charge < -0.3 is 19.3 Å². The Bertz CT molecular complexity index is 380. The Kier molecular flexibility index (Phi) is 2.30. The molecule has 14 heavy (non-hydrogen) atoms. The van der Waals surface area contributed by atoms with Crippen molar-refractivity contribution in [2.45, 2.75) is 13.2 Å². The number of aliphatic hydroxyl groups is 2. The number of rotatable bonds is 3. The van der Waals surface area contributed by atoms with E-state index in [1.54, 1.807) is 12.1 Å². The number of nitrogens with zero attached hydrogens (tertiary/aromatic N) is 2. The molecule has 2 rings (SSSR count). The second-order valence-electron chi connectivity index (χ2n) is 2.67. The largest absolute Gasteiger partial charge is 0.388 e. The molecule has 2 aromatic heterocycles. The highest BCUT2D eigenvalue weighted by atomic mass is 16.5. The molecule has 0 saturated heterocycles. The van der Waals surface area contributed by atoms with Gasteiger partial charge in [0.15, 0.2) is 11.5 Å². The smallest absolute Gasteiger partial charge is 0.162 e. The molecule has 0 atom stereocenters. The van der Waals surface area contributed by atoms with E-state index in [1.165, 1.54) is 0 Å². The fraction of sp³-hybridized carbons (Fsp3) is 0.250. The van der Waals surface area contributed by atoms with E-state index in [2.05, 4.69) is 10.3 Å². The fourth-order valence-electron chi connectivity index (χ4n) is 1.02. The second kappa shape index (κ2) is 3.60. The third-order valence-corrected chi connectivity index (χ3v) is 1.69. The van der Waals surface area contributed by atoms with Crippen LogP contribution in [-0.2, 0) is 13.2 Å². The Morgan fingerprint density at radius 2 is 1.36 bits per heavy atom. The molecule has 6 heteroatoms. The molecule has 2 aromatic rings. The highest BCUT2D eigenvalue weighted by molar-refractivity contribution is 5.53. The van der Waals surface area contributed by atoms with Gasteiger partial charge in [-0.3, -0.25) is 0 Å². The summed E-state index contributed by atoms with van der Waals surface area (Å²) in [5.74, 6) is 0.710. The predicted molar refractivity (Wildman–Crippen MR) is 43.8 cm³/mol. The highest BCUT2D eigenvalue weighted by Crippen LogP contribution is 2.18. The maximum Gasteiger partial charge on any atom is 0.162 e. The van der Waals surface area contributed by atoms with E-state index in [0.29, 0.717) is 22.9 Å². The van der Waals surface area contributed by atoms with Crippen molar-refractivity contribution in [1.82, 2.24) is 10.3 Å². The Morgan fingerprint density at radius 3 is 1.64 bits per heavy atom. The molecule has 0 aliphatic carbocycles. The average molecular weight is 196 g/mol. The van der Waals surface area contributed by atoms with Gasteiger partial charge in [0.1, 0.15) is 24.6 Å². The van der Waals surface area contributed by atoms with E-state index in [1.807, 2.05) is 0 Å². The van der Waals surface area contributed by atoms with Crippen molar-refractivity contribution in [2.24, 2.45) is 0 Å². The summed E-state index contributed by atoms with van der Waals surface area (Å²) in [5, 5.41) is 24.8. The number of aliphatic hydroxyl groups excluding tert-OH is 2. The van der Waals surface area contributed by atoms with Crippen molar-refractivity contribution in [3.63, 3.8) is 0 Å². The van der Waals surface area contributed by atoms with E-state index in [4.69, 9.17) is 19.3 Å². The molecule has 0 aliphatic heterocycles. The quantitative estimate of drug-likeness (QED) is 0.734. The molecule has 0 spiro atoms. The summed E-state index contributed by atoms with van der Waals surface area (Å²) in [6, 6.07) is 3.11. The molecule has 0 saturated carbocycles. The van der Waals surface area contributed by atoms with Crippen LogP contribution >= 0.6 is 0 Å². The van der Waals surface area contributed by atoms with Crippen LogP contribution in [0.1, 0.15) is 11.5 Å². The van der Waals surface area contributed by atoms with Crippen molar-refractivity contribution >= 4 is 0 Å². The maximum atomic E-state index is 8.73. The standard InChI is InChI=1S/C8H8N2O4/c11-3-5-1-7(9-13-5)8-2-6(4-12)14-10-8/h1-2,11-12H,3-4H2. The van der Waals surface area contributed by atoms with Gasteiger partial charge in [0.2, 0.25) is 0 Å². The molecular formula is C8H8N2O4. The van der Waals surface area contributed by atoms with Gasteiger partial charge in [0.25, 0.3) is 0 Å². The van der Waals surface area contributed by atoms with E-state index in [-0.39, 0.29) is 13.2 Å². The Labute approximate surface area is 78.7 Å². The third kappa shape index (κ3) is 1.52. The first kappa shape index (κ1) is 8.92. The summed E-state index contributed by atoms with van der Waals surface area (Å²) >= 11 is 0. The van der Waals surface area contributed by atoms with Gasteiger partial charge in [-0.25, -0.2) is 0 Å². The van der Waals surface area contributed by atoms with Crippen LogP contribution in [0.5, 0.6) is 0 Å². The third-order valence-electron chi connectivity index (χ3n) is 1.69. The molecule has 0 radical (unpaired) electrons.